The van der Waals surface area contributed by atoms with Crippen molar-refractivity contribution in [3.05, 3.63) is 105 Å². The second kappa shape index (κ2) is 7.67. The van der Waals surface area contributed by atoms with Gasteiger partial charge in [-0.25, -0.2) is 38.3 Å². The van der Waals surface area contributed by atoms with Gasteiger partial charge in [0.05, 0.1) is 5.69 Å². The second-order valence-electron chi connectivity index (χ2n) is 6.51. The maximum absolute atomic E-state index is 12.0. The predicted molar refractivity (Wildman–Crippen MR) is 113 cm³/mol. The van der Waals surface area contributed by atoms with Crippen LogP contribution in [-0.2, 0) is 7.05 Å². The summed E-state index contributed by atoms with van der Waals surface area (Å²) in [5, 5.41) is 0. The molecule has 32 heavy (non-hydrogen) atoms. The number of aromatic amines is 4. The molecular weight excluding hydrogens is 424 g/mol. The van der Waals surface area contributed by atoms with Crippen molar-refractivity contribution in [1.29, 1.82) is 0 Å². The van der Waals surface area contributed by atoms with Crippen LogP contribution < -0.4 is 34.1 Å². The fourth-order valence-corrected chi connectivity index (χ4v) is 3.00. The highest BCUT2D eigenvalue weighted by Crippen LogP contribution is 2.17. The van der Waals surface area contributed by atoms with Crippen LogP contribution in [0.4, 0.5) is 5.82 Å². The van der Waals surface area contributed by atoms with Gasteiger partial charge in [0.25, 0.3) is 0 Å². The van der Waals surface area contributed by atoms with E-state index < -0.39 is 34.1 Å². The molecule has 0 unspecified atom stereocenters. The highest BCUT2D eigenvalue weighted by atomic mass is 16.2. The second-order valence-corrected chi connectivity index (χ2v) is 6.51. The van der Waals surface area contributed by atoms with Gasteiger partial charge < -0.3 is 4.57 Å². The van der Waals surface area contributed by atoms with Crippen LogP contribution >= 0.6 is 0 Å². The topological polar surface area (TPSA) is 193 Å². The van der Waals surface area contributed by atoms with Gasteiger partial charge in [0.15, 0.2) is 0 Å². The highest BCUT2D eigenvalue weighted by Gasteiger charge is 2.11. The monoisotopic (exact) mass is 438 g/mol. The molecule has 14 nitrogen and oxygen atoms in total. The maximum Gasteiger partial charge on any atom is 0.339 e. The predicted octanol–water partition coefficient (Wildman–Crippen LogP) is -2.17. The lowest BCUT2D eigenvalue weighted by molar-refractivity contribution is 0.731. The Morgan fingerprint density at radius 3 is 1.72 bits per heavy atom. The van der Waals surface area contributed by atoms with Crippen LogP contribution in [0.15, 0.2) is 70.2 Å². The average molecular weight is 438 g/mol. The fourth-order valence-electron chi connectivity index (χ4n) is 3.00. The van der Waals surface area contributed by atoms with Gasteiger partial charge in [0.2, 0.25) is 0 Å². The van der Waals surface area contributed by atoms with Gasteiger partial charge in [0, 0.05) is 13.3 Å². The minimum atomic E-state index is -0.904. The van der Waals surface area contributed by atoms with Crippen molar-refractivity contribution < 1.29 is 0 Å². The molecule has 0 amide bonds. The summed E-state index contributed by atoms with van der Waals surface area (Å²) in [6, 6.07) is 9.22. The van der Waals surface area contributed by atoms with E-state index >= 15 is 0 Å². The van der Waals surface area contributed by atoms with Gasteiger partial charge in [-0.2, -0.15) is 4.57 Å². The number of aliphatic imine (C=N–C) groups is 1. The minimum Gasteiger partial charge on any atom is -0.315 e. The Bertz CT molecular complexity index is 1640. The van der Waals surface area contributed by atoms with Crippen molar-refractivity contribution in [1.82, 2.24) is 33.6 Å². The van der Waals surface area contributed by atoms with Gasteiger partial charge >= 0.3 is 34.1 Å². The zero-order chi connectivity index (χ0) is 23.0. The molecule has 0 fully saturated rings. The molecule has 1 aromatic carbocycles. The molecule has 0 aliphatic rings. The van der Waals surface area contributed by atoms with Gasteiger partial charge in [-0.3, -0.25) is 19.9 Å². The SMILES string of the molecule is Cn1c(/N=C/c2ccc(-n3c(=O)[nH]c(=O)[nH]c3=O)cc2)ccc1-n1c(=O)[nH]c(=O)[nH]c1=O. The third-order valence-corrected chi connectivity index (χ3v) is 4.49. The normalized spacial score (nSPS) is 11.3. The Morgan fingerprint density at radius 1 is 0.688 bits per heavy atom. The lowest BCUT2D eigenvalue weighted by Crippen LogP contribution is -2.42. The van der Waals surface area contributed by atoms with Crippen LogP contribution in [0.25, 0.3) is 11.5 Å². The molecule has 0 saturated heterocycles. The van der Waals surface area contributed by atoms with E-state index in [0.717, 1.165) is 9.13 Å². The standard InChI is InChI=1S/C18H14N8O6/c1-24-11(6-7-12(24)26-17(31)22-14(28)23-18(26)32)19-8-9-2-4-10(5-3-9)25-15(29)20-13(27)21-16(25)30/h2-8H,1H3,(H2,20,21,27,29,30)(H2,22,23,28,31,32)/b19-8+. The fraction of sp³-hybridized carbons (Fsp3) is 0.0556. The number of hydrogen-bond acceptors (Lipinski definition) is 7. The maximum atomic E-state index is 12.0. The van der Waals surface area contributed by atoms with Gasteiger partial charge in [-0.15, -0.1) is 0 Å². The summed E-state index contributed by atoms with van der Waals surface area (Å²) < 4.78 is 3.00. The van der Waals surface area contributed by atoms with Crippen LogP contribution in [0, 0.1) is 0 Å². The van der Waals surface area contributed by atoms with E-state index in [9.17, 15) is 28.8 Å². The number of nitrogens with one attached hydrogen (secondary N) is 4. The molecule has 3 heterocycles. The molecule has 0 saturated carbocycles. The Hall–Kier alpha value is -5.01. The number of benzene rings is 1. The summed E-state index contributed by atoms with van der Waals surface area (Å²) >= 11 is 0. The van der Waals surface area contributed by atoms with Crippen molar-refractivity contribution in [3.63, 3.8) is 0 Å². The van der Waals surface area contributed by atoms with Crippen molar-refractivity contribution >= 4 is 12.0 Å². The van der Waals surface area contributed by atoms with E-state index in [1.165, 1.54) is 29.0 Å². The Morgan fingerprint density at radius 2 is 1.19 bits per heavy atom. The van der Waals surface area contributed by atoms with Crippen molar-refractivity contribution in [2.75, 3.05) is 0 Å². The highest BCUT2D eigenvalue weighted by molar-refractivity contribution is 5.82. The van der Waals surface area contributed by atoms with E-state index in [4.69, 9.17) is 0 Å². The number of nitrogens with zero attached hydrogens (tertiary/aromatic N) is 4. The third kappa shape index (κ3) is 3.62. The molecule has 0 atom stereocenters. The molecule has 4 aromatic rings. The zero-order valence-corrected chi connectivity index (χ0v) is 16.3. The Kier molecular flexibility index (Phi) is 4.86. The summed E-state index contributed by atoms with van der Waals surface area (Å²) in [5.41, 5.74) is -4.47. The van der Waals surface area contributed by atoms with E-state index in [1.807, 2.05) is 19.9 Å². The molecular formula is C18H14N8O6. The summed E-state index contributed by atoms with van der Waals surface area (Å²) in [4.78, 5) is 82.3. The van der Waals surface area contributed by atoms with E-state index in [2.05, 4.69) is 4.99 Å². The summed E-state index contributed by atoms with van der Waals surface area (Å²) in [5.74, 6) is 0.585. The number of hydrogen-bond donors (Lipinski definition) is 4. The van der Waals surface area contributed by atoms with Crippen molar-refractivity contribution in [2.24, 2.45) is 12.0 Å². The van der Waals surface area contributed by atoms with Crippen LogP contribution in [0.5, 0.6) is 0 Å². The average Bonchev–Trinajstić information content (AvgIpc) is 3.06. The first-order valence-corrected chi connectivity index (χ1v) is 8.96. The molecule has 4 rings (SSSR count). The largest absolute Gasteiger partial charge is 0.339 e. The number of H-pyrrole nitrogens is 4. The molecule has 0 aliphatic carbocycles. The minimum absolute atomic E-state index is 0.187. The van der Waals surface area contributed by atoms with E-state index in [-0.39, 0.29) is 11.5 Å². The molecule has 0 spiro atoms. The van der Waals surface area contributed by atoms with Gasteiger partial charge in [-0.05, 0) is 29.8 Å². The van der Waals surface area contributed by atoms with E-state index in [1.54, 1.807) is 25.2 Å². The summed E-state index contributed by atoms with van der Waals surface area (Å²) in [7, 11) is 1.58. The Labute approximate surface area is 174 Å². The first-order chi connectivity index (χ1) is 15.2. The smallest absolute Gasteiger partial charge is 0.315 e. The quantitative estimate of drug-likeness (QED) is 0.262. The molecule has 162 valence electrons. The van der Waals surface area contributed by atoms with Crippen LogP contribution in [0.1, 0.15) is 5.56 Å². The lowest BCUT2D eigenvalue weighted by Gasteiger charge is -2.06. The first kappa shape index (κ1) is 20.3. The molecule has 14 heteroatoms. The van der Waals surface area contributed by atoms with Crippen molar-refractivity contribution in [2.45, 2.75) is 0 Å². The van der Waals surface area contributed by atoms with Crippen LogP contribution in [-0.4, -0.2) is 39.9 Å². The van der Waals surface area contributed by atoms with Crippen molar-refractivity contribution in [3.8, 4) is 11.5 Å². The van der Waals surface area contributed by atoms with Crippen LogP contribution in [0.2, 0.25) is 0 Å². The zero-order valence-electron chi connectivity index (χ0n) is 16.3. The summed E-state index contributed by atoms with van der Waals surface area (Å²) in [6.45, 7) is 0. The number of aromatic nitrogens is 7. The lowest BCUT2D eigenvalue weighted by atomic mass is 10.2. The number of rotatable bonds is 4. The Balaban J connectivity index is 1.65. The molecule has 0 aliphatic heterocycles. The molecule has 0 bridgehead atoms. The van der Waals surface area contributed by atoms with E-state index in [0.29, 0.717) is 11.4 Å². The third-order valence-electron chi connectivity index (χ3n) is 4.49. The molecule has 3 aromatic heterocycles. The first-order valence-electron chi connectivity index (χ1n) is 8.96. The molecule has 4 N–H and O–H groups in total. The molecule has 0 radical (unpaired) electrons. The summed E-state index contributed by atoms with van der Waals surface area (Å²) in [6.07, 6.45) is 1.49. The van der Waals surface area contributed by atoms with Crippen LogP contribution in [0.3, 0.4) is 0 Å². The van der Waals surface area contributed by atoms with Gasteiger partial charge in [-0.1, -0.05) is 12.1 Å². The van der Waals surface area contributed by atoms with Gasteiger partial charge in [0.1, 0.15) is 11.6 Å².